The highest BCUT2D eigenvalue weighted by Gasteiger charge is 2.27. The molecule has 0 aliphatic carbocycles. The van der Waals surface area contributed by atoms with Gasteiger partial charge in [0.25, 0.3) is 0 Å². The van der Waals surface area contributed by atoms with Gasteiger partial charge >= 0.3 is 0 Å². The second-order valence-electron chi connectivity index (χ2n) is 6.61. The number of piperidine rings is 1. The summed E-state index contributed by atoms with van der Waals surface area (Å²) in [4.78, 5) is 7.16. The van der Waals surface area contributed by atoms with E-state index in [0.29, 0.717) is 17.6 Å². The number of aryl methyl sites for hydroxylation is 1. The molecule has 0 radical (unpaired) electrons. The molecular formula is C15H27N3S. The predicted octanol–water partition coefficient (Wildman–Crippen LogP) is 3.37. The molecule has 3 nitrogen and oxygen atoms in total. The highest BCUT2D eigenvalue weighted by Crippen LogP contribution is 2.22. The lowest BCUT2D eigenvalue weighted by Gasteiger charge is -2.41. The quantitative estimate of drug-likeness (QED) is 0.921. The average Bonchev–Trinajstić information content (AvgIpc) is 2.75. The number of thiazole rings is 1. The van der Waals surface area contributed by atoms with E-state index in [2.05, 4.69) is 55.2 Å². The first kappa shape index (κ1) is 14.9. The van der Waals surface area contributed by atoms with Gasteiger partial charge in [-0.25, -0.2) is 4.98 Å². The highest BCUT2D eigenvalue weighted by molar-refractivity contribution is 7.09. The van der Waals surface area contributed by atoms with E-state index < -0.39 is 0 Å². The van der Waals surface area contributed by atoms with Gasteiger partial charge in [0.05, 0.1) is 10.7 Å². The molecule has 1 aromatic heterocycles. The fraction of sp³-hybridized carbons (Fsp3) is 0.800. The summed E-state index contributed by atoms with van der Waals surface area (Å²) in [5.41, 5.74) is 1.50. The van der Waals surface area contributed by atoms with E-state index in [4.69, 9.17) is 0 Å². The number of nitrogens with zero attached hydrogens (tertiary/aromatic N) is 2. The molecule has 2 heterocycles. The number of likely N-dealkylation sites (tertiary alicyclic amines) is 1. The van der Waals surface area contributed by atoms with Crippen LogP contribution in [-0.2, 0) is 0 Å². The summed E-state index contributed by atoms with van der Waals surface area (Å²) in [7, 11) is 0. The zero-order valence-electron chi connectivity index (χ0n) is 12.9. The second kappa shape index (κ2) is 5.90. The Hall–Kier alpha value is -0.450. The van der Waals surface area contributed by atoms with Crippen molar-refractivity contribution in [3.05, 3.63) is 16.1 Å². The maximum absolute atomic E-state index is 4.58. The lowest BCUT2D eigenvalue weighted by molar-refractivity contribution is 0.0941. The van der Waals surface area contributed by atoms with E-state index in [-0.39, 0.29) is 0 Å². The molecule has 1 unspecified atom stereocenters. The first-order chi connectivity index (χ1) is 8.86. The van der Waals surface area contributed by atoms with Crippen molar-refractivity contribution >= 4 is 11.3 Å². The van der Waals surface area contributed by atoms with Gasteiger partial charge in [-0.05, 0) is 47.5 Å². The van der Waals surface area contributed by atoms with Crippen LogP contribution in [0.1, 0.15) is 57.3 Å². The monoisotopic (exact) mass is 281 g/mol. The number of rotatable bonds is 3. The molecule has 1 fully saturated rings. The Morgan fingerprint density at radius 2 is 2.00 bits per heavy atom. The maximum Gasteiger partial charge on any atom is 0.0898 e. The molecule has 0 amide bonds. The van der Waals surface area contributed by atoms with Gasteiger partial charge in [-0.2, -0.15) is 0 Å². The van der Waals surface area contributed by atoms with Crippen molar-refractivity contribution in [2.45, 2.75) is 65.1 Å². The number of hydrogen-bond acceptors (Lipinski definition) is 4. The van der Waals surface area contributed by atoms with Crippen LogP contribution in [0, 0.1) is 6.92 Å². The van der Waals surface area contributed by atoms with Gasteiger partial charge in [-0.1, -0.05) is 0 Å². The van der Waals surface area contributed by atoms with Crippen LogP contribution in [0.5, 0.6) is 0 Å². The molecular weight excluding hydrogens is 254 g/mol. The van der Waals surface area contributed by atoms with Crippen LogP contribution < -0.4 is 5.32 Å². The minimum absolute atomic E-state index is 0.308. The fourth-order valence-corrected chi connectivity index (χ4v) is 3.44. The Morgan fingerprint density at radius 1 is 1.37 bits per heavy atom. The Bertz CT molecular complexity index is 400. The van der Waals surface area contributed by atoms with Crippen molar-refractivity contribution in [2.24, 2.45) is 0 Å². The maximum atomic E-state index is 4.58. The summed E-state index contributed by atoms with van der Waals surface area (Å²) in [6, 6.07) is 1.01. The van der Waals surface area contributed by atoms with Gasteiger partial charge in [-0.15, -0.1) is 11.3 Å². The lowest BCUT2D eigenvalue weighted by Crippen LogP contribution is -2.50. The fourth-order valence-electron chi connectivity index (χ4n) is 2.73. The molecule has 1 aliphatic heterocycles. The minimum atomic E-state index is 0.308. The average molecular weight is 281 g/mol. The van der Waals surface area contributed by atoms with Crippen molar-refractivity contribution in [1.29, 1.82) is 0 Å². The summed E-state index contributed by atoms with van der Waals surface area (Å²) in [6.45, 7) is 13.6. The number of nitrogens with one attached hydrogen (secondary N) is 1. The standard InChI is InChI=1S/C15H27N3S/c1-11(14-10-19-12(2)17-14)16-13-6-8-18(9-7-13)15(3,4)5/h10-11,13,16H,6-9H2,1-5H3. The van der Waals surface area contributed by atoms with Crippen molar-refractivity contribution in [2.75, 3.05) is 13.1 Å². The Labute approximate surface area is 121 Å². The van der Waals surface area contributed by atoms with Gasteiger partial charge in [0, 0.05) is 36.1 Å². The third-order valence-corrected chi connectivity index (χ3v) is 4.80. The van der Waals surface area contributed by atoms with Crippen LogP contribution >= 0.6 is 11.3 Å². The summed E-state index contributed by atoms with van der Waals surface area (Å²) < 4.78 is 0. The molecule has 0 spiro atoms. The van der Waals surface area contributed by atoms with E-state index in [0.717, 1.165) is 5.01 Å². The molecule has 0 aromatic carbocycles. The Balaban J connectivity index is 1.82. The summed E-state index contributed by atoms with van der Waals surface area (Å²) in [5.74, 6) is 0. The van der Waals surface area contributed by atoms with Crippen molar-refractivity contribution in [3.63, 3.8) is 0 Å². The summed E-state index contributed by atoms with van der Waals surface area (Å²) in [6.07, 6.45) is 2.48. The van der Waals surface area contributed by atoms with Gasteiger partial charge in [0.15, 0.2) is 0 Å². The van der Waals surface area contributed by atoms with Crippen molar-refractivity contribution < 1.29 is 0 Å². The van der Waals surface area contributed by atoms with Gasteiger partial charge in [-0.3, -0.25) is 4.90 Å². The van der Waals surface area contributed by atoms with E-state index in [1.54, 1.807) is 11.3 Å². The summed E-state index contributed by atoms with van der Waals surface area (Å²) in [5, 5.41) is 7.07. The zero-order valence-corrected chi connectivity index (χ0v) is 13.7. The van der Waals surface area contributed by atoms with Gasteiger partial charge < -0.3 is 5.32 Å². The van der Waals surface area contributed by atoms with Crippen molar-refractivity contribution in [3.8, 4) is 0 Å². The largest absolute Gasteiger partial charge is 0.306 e. The molecule has 108 valence electrons. The SMILES string of the molecule is Cc1nc(C(C)NC2CCN(C(C)(C)C)CC2)cs1. The smallest absolute Gasteiger partial charge is 0.0898 e. The topological polar surface area (TPSA) is 28.2 Å². The molecule has 1 saturated heterocycles. The molecule has 4 heteroatoms. The van der Waals surface area contributed by atoms with Crippen LogP contribution in [0.4, 0.5) is 0 Å². The molecule has 1 aromatic rings. The Kier molecular flexibility index (Phi) is 4.64. The number of aromatic nitrogens is 1. The highest BCUT2D eigenvalue weighted by atomic mass is 32.1. The van der Waals surface area contributed by atoms with Crippen LogP contribution in [0.2, 0.25) is 0 Å². The predicted molar refractivity (Wildman–Crippen MR) is 82.7 cm³/mol. The molecule has 1 N–H and O–H groups in total. The first-order valence-corrected chi connectivity index (χ1v) is 8.17. The third kappa shape index (κ3) is 4.01. The summed E-state index contributed by atoms with van der Waals surface area (Å²) >= 11 is 1.74. The Morgan fingerprint density at radius 3 is 2.47 bits per heavy atom. The molecule has 0 saturated carbocycles. The normalized spacial score (nSPS) is 20.7. The molecule has 0 bridgehead atoms. The van der Waals surface area contributed by atoms with E-state index in [1.165, 1.54) is 31.6 Å². The van der Waals surface area contributed by atoms with Crippen molar-refractivity contribution in [1.82, 2.24) is 15.2 Å². The molecule has 1 atom stereocenters. The van der Waals surface area contributed by atoms with Crippen LogP contribution in [0.15, 0.2) is 5.38 Å². The third-order valence-electron chi connectivity index (χ3n) is 4.01. The van der Waals surface area contributed by atoms with E-state index >= 15 is 0 Å². The number of hydrogen-bond donors (Lipinski definition) is 1. The molecule has 1 aliphatic rings. The van der Waals surface area contributed by atoms with Crippen LogP contribution in [0.3, 0.4) is 0 Å². The molecule has 19 heavy (non-hydrogen) atoms. The van der Waals surface area contributed by atoms with Gasteiger partial charge in [0.2, 0.25) is 0 Å². The van der Waals surface area contributed by atoms with E-state index in [1.807, 2.05) is 0 Å². The second-order valence-corrected chi connectivity index (χ2v) is 7.67. The zero-order chi connectivity index (χ0) is 14.0. The molecule has 2 rings (SSSR count). The van der Waals surface area contributed by atoms with Crippen LogP contribution in [-0.4, -0.2) is 34.6 Å². The van der Waals surface area contributed by atoms with Crippen LogP contribution in [0.25, 0.3) is 0 Å². The van der Waals surface area contributed by atoms with E-state index in [9.17, 15) is 0 Å². The first-order valence-electron chi connectivity index (χ1n) is 7.29. The lowest BCUT2D eigenvalue weighted by atomic mass is 9.97. The minimum Gasteiger partial charge on any atom is -0.306 e. The van der Waals surface area contributed by atoms with Gasteiger partial charge in [0.1, 0.15) is 0 Å².